The van der Waals surface area contributed by atoms with Gasteiger partial charge < -0.3 is 10.1 Å². The van der Waals surface area contributed by atoms with E-state index in [9.17, 15) is 0 Å². The van der Waals surface area contributed by atoms with E-state index in [1.807, 2.05) is 7.11 Å². The molecular formula is C15H31NO. The topological polar surface area (TPSA) is 21.3 Å². The van der Waals surface area contributed by atoms with Gasteiger partial charge in [-0.15, -0.1) is 0 Å². The van der Waals surface area contributed by atoms with E-state index in [1.54, 1.807) is 0 Å². The smallest absolute Gasteiger partial charge is 0.0625 e. The summed E-state index contributed by atoms with van der Waals surface area (Å²) in [6, 6.07) is 0. The van der Waals surface area contributed by atoms with Gasteiger partial charge in [-0.3, -0.25) is 0 Å². The van der Waals surface area contributed by atoms with Crippen LogP contribution in [0.3, 0.4) is 0 Å². The maximum atomic E-state index is 5.55. The van der Waals surface area contributed by atoms with Crippen LogP contribution < -0.4 is 5.32 Å². The van der Waals surface area contributed by atoms with Crippen molar-refractivity contribution in [3.05, 3.63) is 0 Å². The van der Waals surface area contributed by atoms with Crippen LogP contribution in [0.5, 0.6) is 0 Å². The van der Waals surface area contributed by atoms with Gasteiger partial charge >= 0.3 is 0 Å². The third-order valence-corrected chi connectivity index (χ3v) is 4.47. The predicted molar refractivity (Wildman–Crippen MR) is 74.2 cm³/mol. The first kappa shape index (κ1) is 15.0. The SMILES string of the molecule is COC(C)(C)CC1C(CNCC(C)C)C1(C)C. The Labute approximate surface area is 108 Å². The summed E-state index contributed by atoms with van der Waals surface area (Å²) in [4.78, 5) is 0. The van der Waals surface area contributed by atoms with Crippen LogP contribution in [0, 0.1) is 23.2 Å². The van der Waals surface area contributed by atoms with Crippen molar-refractivity contribution < 1.29 is 4.74 Å². The molecule has 1 fully saturated rings. The van der Waals surface area contributed by atoms with Crippen LogP contribution in [-0.2, 0) is 4.74 Å². The van der Waals surface area contributed by atoms with Crippen LogP contribution in [0.15, 0.2) is 0 Å². The Morgan fingerprint density at radius 2 is 1.82 bits per heavy atom. The highest BCUT2D eigenvalue weighted by Gasteiger charge is 2.57. The lowest BCUT2D eigenvalue weighted by Crippen LogP contribution is -2.25. The summed E-state index contributed by atoms with van der Waals surface area (Å²) in [5.41, 5.74) is 0.508. The van der Waals surface area contributed by atoms with Gasteiger partial charge in [0.15, 0.2) is 0 Å². The summed E-state index contributed by atoms with van der Waals surface area (Å²) >= 11 is 0. The highest BCUT2D eigenvalue weighted by molar-refractivity contribution is 5.07. The van der Waals surface area contributed by atoms with Gasteiger partial charge in [-0.2, -0.15) is 0 Å². The predicted octanol–water partition coefficient (Wildman–Crippen LogP) is 3.32. The third kappa shape index (κ3) is 3.96. The molecule has 0 aromatic heterocycles. The number of rotatable bonds is 7. The summed E-state index contributed by atoms with van der Waals surface area (Å²) in [5, 5.41) is 3.60. The highest BCUT2D eigenvalue weighted by Crippen LogP contribution is 2.61. The van der Waals surface area contributed by atoms with Crippen LogP contribution in [0.4, 0.5) is 0 Å². The Bertz CT molecular complexity index is 245. The van der Waals surface area contributed by atoms with Crippen molar-refractivity contribution >= 4 is 0 Å². The minimum atomic E-state index is 0.0226. The highest BCUT2D eigenvalue weighted by atomic mass is 16.5. The van der Waals surface area contributed by atoms with E-state index in [2.05, 4.69) is 46.9 Å². The summed E-state index contributed by atoms with van der Waals surface area (Å²) in [6.45, 7) is 16.0. The molecule has 2 heteroatoms. The summed E-state index contributed by atoms with van der Waals surface area (Å²) in [7, 11) is 1.82. The molecule has 1 N–H and O–H groups in total. The Kier molecular flexibility index (Phi) is 4.65. The van der Waals surface area contributed by atoms with E-state index in [0.29, 0.717) is 5.41 Å². The van der Waals surface area contributed by atoms with Gasteiger partial charge in [-0.25, -0.2) is 0 Å². The van der Waals surface area contributed by atoms with Crippen LogP contribution in [-0.4, -0.2) is 25.8 Å². The minimum absolute atomic E-state index is 0.0226. The lowest BCUT2D eigenvalue weighted by atomic mass is 9.97. The van der Waals surface area contributed by atoms with Crippen molar-refractivity contribution in [1.29, 1.82) is 0 Å². The molecule has 0 aromatic rings. The first-order valence-electron chi connectivity index (χ1n) is 6.96. The maximum absolute atomic E-state index is 5.55. The molecular weight excluding hydrogens is 210 g/mol. The molecule has 2 atom stereocenters. The average Bonchev–Trinajstić information content (AvgIpc) is 2.68. The Hall–Kier alpha value is -0.0800. The molecule has 0 saturated heterocycles. The molecule has 0 aliphatic heterocycles. The third-order valence-electron chi connectivity index (χ3n) is 4.47. The minimum Gasteiger partial charge on any atom is -0.379 e. The van der Waals surface area contributed by atoms with Gasteiger partial charge in [0.1, 0.15) is 0 Å². The lowest BCUT2D eigenvalue weighted by Gasteiger charge is -2.23. The molecule has 1 saturated carbocycles. The number of methoxy groups -OCH3 is 1. The molecule has 0 spiro atoms. The molecule has 0 radical (unpaired) electrons. The fourth-order valence-electron chi connectivity index (χ4n) is 2.81. The molecule has 0 amide bonds. The second-order valence-electron chi connectivity index (χ2n) is 7.25. The molecule has 0 heterocycles. The second kappa shape index (κ2) is 5.27. The molecule has 0 bridgehead atoms. The van der Waals surface area contributed by atoms with E-state index in [4.69, 9.17) is 4.74 Å². The summed E-state index contributed by atoms with van der Waals surface area (Å²) in [6.07, 6.45) is 1.17. The fraction of sp³-hybridized carbons (Fsp3) is 1.00. The Morgan fingerprint density at radius 3 is 2.29 bits per heavy atom. The zero-order chi connectivity index (χ0) is 13.3. The Morgan fingerprint density at radius 1 is 1.24 bits per heavy atom. The van der Waals surface area contributed by atoms with Gasteiger partial charge in [0.05, 0.1) is 5.60 Å². The van der Waals surface area contributed by atoms with E-state index in [-0.39, 0.29) is 5.60 Å². The van der Waals surface area contributed by atoms with Gasteiger partial charge in [0.2, 0.25) is 0 Å². The first-order chi connectivity index (χ1) is 7.70. The fourth-order valence-corrected chi connectivity index (χ4v) is 2.81. The van der Waals surface area contributed by atoms with Crippen molar-refractivity contribution in [3.8, 4) is 0 Å². The quantitative estimate of drug-likeness (QED) is 0.738. The number of ether oxygens (including phenoxy) is 1. The number of nitrogens with one attached hydrogen (secondary N) is 1. The van der Waals surface area contributed by atoms with E-state index < -0.39 is 0 Å². The van der Waals surface area contributed by atoms with Gasteiger partial charge in [0.25, 0.3) is 0 Å². The zero-order valence-corrected chi connectivity index (χ0v) is 12.8. The van der Waals surface area contributed by atoms with Crippen LogP contribution in [0.1, 0.15) is 48.0 Å². The van der Waals surface area contributed by atoms with Crippen molar-refractivity contribution in [2.24, 2.45) is 23.2 Å². The van der Waals surface area contributed by atoms with Gasteiger partial charge in [0, 0.05) is 7.11 Å². The van der Waals surface area contributed by atoms with Crippen molar-refractivity contribution in [3.63, 3.8) is 0 Å². The van der Waals surface area contributed by atoms with Crippen LogP contribution in [0.25, 0.3) is 0 Å². The number of hydrogen-bond acceptors (Lipinski definition) is 2. The monoisotopic (exact) mass is 241 g/mol. The first-order valence-corrected chi connectivity index (χ1v) is 6.96. The van der Waals surface area contributed by atoms with E-state index >= 15 is 0 Å². The summed E-state index contributed by atoms with van der Waals surface area (Å²) in [5.74, 6) is 2.36. The summed E-state index contributed by atoms with van der Waals surface area (Å²) < 4.78 is 5.55. The lowest BCUT2D eigenvalue weighted by molar-refractivity contribution is 0.00754. The van der Waals surface area contributed by atoms with Crippen LogP contribution >= 0.6 is 0 Å². The maximum Gasteiger partial charge on any atom is 0.0625 e. The standard InChI is InChI=1S/C15H31NO/c1-11(2)9-16-10-13-12(15(13,5)6)8-14(3,4)17-7/h11-13,16H,8-10H2,1-7H3. The molecule has 1 aliphatic carbocycles. The van der Waals surface area contributed by atoms with Crippen molar-refractivity contribution in [2.75, 3.05) is 20.2 Å². The van der Waals surface area contributed by atoms with E-state index in [0.717, 1.165) is 30.8 Å². The van der Waals surface area contributed by atoms with E-state index in [1.165, 1.54) is 6.42 Å². The van der Waals surface area contributed by atoms with Crippen molar-refractivity contribution in [2.45, 2.75) is 53.6 Å². The zero-order valence-electron chi connectivity index (χ0n) is 12.8. The average molecular weight is 241 g/mol. The largest absolute Gasteiger partial charge is 0.379 e. The molecule has 1 aliphatic rings. The van der Waals surface area contributed by atoms with Gasteiger partial charge in [-0.05, 0) is 56.5 Å². The molecule has 102 valence electrons. The second-order valence-corrected chi connectivity index (χ2v) is 7.25. The molecule has 17 heavy (non-hydrogen) atoms. The normalized spacial score (nSPS) is 27.5. The van der Waals surface area contributed by atoms with Crippen LogP contribution in [0.2, 0.25) is 0 Å². The van der Waals surface area contributed by atoms with Gasteiger partial charge in [-0.1, -0.05) is 27.7 Å². The van der Waals surface area contributed by atoms with Crippen molar-refractivity contribution in [1.82, 2.24) is 5.32 Å². The molecule has 1 rings (SSSR count). The molecule has 2 unspecified atom stereocenters. The Balaban J connectivity index is 2.37. The number of hydrogen-bond donors (Lipinski definition) is 1. The molecule has 2 nitrogen and oxygen atoms in total. The molecule has 0 aromatic carbocycles.